The van der Waals surface area contributed by atoms with E-state index in [2.05, 4.69) is 68.6 Å². The second-order valence-corrected chi connectivity index (χ2v) is 9.41. The fourth-order valence-electron chi connectivity index (χ4n) is 1.10. The first-order chi connectivity index (χ1) is 13.0. The lowest BCUT2D eigenvalue weighted by molar-refractivity contribution is 0.573. The predicted molar refractivity (Wildman–Crippen MR) is 126 cm³/mol. The van der Waals surface area contributed by atoms with Gasteiger partial charge in [0.05, 0.1) is 11.8 Å². The zero-order valence-electron chi connectivity index (χ0n) is 16.2. The maximum atomic E-state index is 11.2. The van der Waals surface area contributed by atoms with Crippen molar-refractivity contribution in [1.29, 1.82) is 0 Å². The normalized spacial score (nSPS) is 8.67. The Labute approximate surface area is 184 Å². The molecule has 0 heterocycles. The summed E-state index contributed by atoms with van der Waals surface area (Å²) < 4.78 is 49.4. The van der Waals surface area contributed by atoms with Gasteiger partial charge in [0.15, 0.2) is 0 Å². The Morgan fingerprint density at radius 1 is 0.767 bits per heavy atom. The van der Waals surface area contributed by atoms with Crippen molar-refractivity contribution in [1.82, 2.24) is 9.44 Å². The minimum Gasteiger partial charge on any atom is -0.212 e. The van der Waals surface area contributed by atoms with Gasteiger partial charge in [0.1, 0.15) is 5.75 Å². The van der Waals surface area contributed by atoms with Crippen LogP contribution in [-0.4, -0.2) is 40.4 Å². The van der Waals surface area contributed by atoms with Crippen LogP contribution in [0.3, 0.4) is 0 Å². The maximum Gasteiger partial charge on any atom is 0.223 e. The molecule has 0 saturated carbocycles. The monoisotopic (exact) mass is 450 g/mol. The molecule has 0 aliphatic rings. The van der Waals surface area contributed by atoms with Crippen LogP contribution in [0.5, 0.6) is 0 Å². The van der Waals surface area contributed by atoms with Gasteiger partial charge in [-0.25, -0.2) is 26.3 Å². The van der Waals surface area contributed by atoms with Crippen LogP contribution in [0, 0.1) is 72.1 Å². The summed E-state index contributed by atoms with van der Waals surface area (Å²) in [6.45, 7) is 6.72. The first-order valence-electron chi connectivity index (χ1n) is 7.84. The van der Waals surface area contributed by atoms with E-state index < -0.39 is 25.3 Å². The Bertz CT molecular complexity index is 1040. The van der Waals surface area contributed by atoms with Crippen LogP contribution >= 0.6 is 0 Å². The van der Waals surface area contributed by atoms with E-state index in [-0.39, 0.29) is 33.2 Å². The van der Waals surface area contributed by atoms with E-state index in [1.54, 1.807) is 27.7 Å². The summed E-state index contributed by atoms with van der Waals surface area (Å²) in [6.07, 6.45) is 9.69. The summed E-state index contributed by atoms with van der Waals surface area (Å²) in [4.78, 5) is 0. The number of hydrogen-bond donors (Lipinski definition) is 2. The van der Waals surface area contributed by atoms with Gasteiger partial charge in [0.2, 0.25) is 20.0 Å². The summed E-state index contributed by atoms with van der Waals surface area (Å²) in [7, 11) is -6.54. The first-order valence-corrected chi connectivity index (χ1v) is 11.0. The molecule has 0 atom stereocenters. The van der Waals surface area contributed by atoms with Gasteiger partial charge < -0.3 is 0 Å². The number of terminal acetylenes is 2. The molecule has 0 aliphatic carbocycles. The highest BCUT2D eigenvalue weighted by Gasteiger charge is 2.13. The quantitative estimate of drug-likeness (QED) is 0.595. The summed E-state index contributed by atoms with van der Waals surface area (Å²) in [5.74, 6) is 22.8. The van der Waals surface area contributed by atoms with Crippen LogP contribution in [0.15, 0.2) is 0 Å². The number of nitrogens with one attached hydrogen (secondary N) is 2. The number of sulfonamides is 2. The summed E-state index contributed by atoms with van der Waals surface area (Å²) in [6, 6.07) is -0.126. The lowest BCUT2D eigenvalue weighted by atomic mass is 10.4. The van der Waals surface area contributed by atoms with Crippen molar-refractivity contribution >= 4 is 20.0 Å². The standard InChI is InChI=1S/2C10H11NO2S.2CH4/c1-4-5-6-7-8-9-14(12,13)11-10(2)3;1-4-5-6-7-8-9-11-14(12,13)10(2)3;;/h2*1,10-11H,9H2,2-3H3;2*1H4. The third-order valence-corrected chi connectivity index (χ3v) is 5.37. The average molecular weight is 451 g/mol. The smallest absolute Gasteiger partial charge is 0.212 e. The van der Waals surface area contributed by atoms with E-state index in [0.29, 0.717) is 0 Å². The molecule has 30 heavy (non-hydrogen) atoms. The second kappa shape index (κ2) is 19.5. The largest absolute Gasteiger partial charge is 0.223 e. The zero-order chi connectivity index (χ0) is 22.1. The molecule has 0 fully saturated rings. The van der Waals surface area contributed by atoms with Crippen molar-refractivity contribution < 1.29 is 16.8 Å². The van der Waals surface area contributed by atoms with E-state index in [1.807, 2.05) is 0 Å². The molecule has 0 spiro atoms. The molecular weight excluding hydrogens is 420 g/mol. The van der Waals surface area contributed by atoms with Crippen molar-refractivity contribution in [3.05, 3.63) is 0 Å². The highest BCUT2D eigenvalue weighted by Crippen LogP contribution is 1.93. The molecule has 0 rings (SSSR count). The van der Waals surface area contributed by atoms with E-state index in [0.717, 1.165) is 0 Å². The van der Waals surface area contributed by atoms with Crippen LogP contribution in [0.25, 0.3) is 0 Å². The highest BCUT2D eigenvalue weighted by atomic mass is 32.2. The molecule has 0 unspecified atom stereocenters. The third kappa shape index (κ3) is 23.2. The molecule has 0 aromatic carbocycles. The van der Waals surface area contributed by atoms with Crippen LogP contribution in [0.2, 0.25) is 0 Å². The minimum atomic E-state index is -3.31. The molecule has 0 aromatic rings. The van der Waals surface area contributed by atoms with Crippen LogP contribution in [0.1, 0.15) is 42.5 Å². The molecule has 0 radical (unpaired) electrons. The number of rotatable bonds is 6. The molecule has 0 aromatic heterocycles. The first kappa shape index (κ1) is 34.7. The highest BCUT2D eigenvalue weighted by molar-refractivity contribution is 7.90. The lowest BCUT2D eigenvalue weighted by Gasteiger charge is -2.05. The van der Waals surface area contributed by atoms with Gasteiger partial charge in [-0.15, -0.1) is 12.8 Å². The van der Waals surface area contributed by atoms with Crippen LogP contribution < -0.4 is 9.44 Å². The number of hydrogen-bond acceptors (Lipinski definition) is 4. The third-order valence-electron chi connectivity index (χ3n) is 2.23. The minimum absolute atomic E-state index is 0. The molecule has 6 nitrogen and oxygen atoms in total. The van der Waals surface area contributed by atoms with Gasteiger partial charge in [0, 0.05) is 6.04 Å². The molecule has 0 bridgehead atoms. The van der Waals surface area contributed by atoms with Gasteiger partial charge in [-0.3, -0.25) is 0 Å². The Morgan fingerprint density at radius 2 is 1.23 bits per heavy atom. The van der Waals surface area contributed by atoms with Crippen molar-refractivity contribution in [2.24, 2.45) is 0 Å². The molecule has 164 valence electrons. The molecule has 2 N–H and O–H groups in total. The molecule has 0 aliphatic heterocycles. The maximum absolute atomic E-state index is 11.2. The van der Waals surface area contributed by atoms with Gasteiger partial charge in [-0.2, -0.15) is 0 Å². The van der Waals surface area contributed by atoms with Crippen molar-refractivity contribution in [3.8, 4) is 72.1 Å². The Hall–Kier alpha value is -2.82. The topological polar surface area (TPSA) is 92.3 Å². The molecular formula is C22H30N2O4S2. The fourth-order valence-corrected chi connectivity index (χ4v) is 2.77. The summed E-state index contributed by atoms with van der Waals surface area (Å²) >= 11 is 0. The summed E-state index contributed by atoms with van der Waals surface area (Å²) in [5, 5.41) is -0.457. The predicted octanol–water partition coefficient (Wildman–Crippen LogP) is 1.18. The van der Waals surface area contributed by atoms with E-state index in [1.165, 1.54) is 0 Å². The Balaban J connectivity index is -0.000000211. The SMILES string of the molecule is C.C.C#CC#CC#CCNS(=O)(=O)C(C)C.C#CC#CC#CCS(=O)(=O)NC(C)C. The molecule has 8 heteroatoms. The van der Waals surface area contributed by atoms with Crippen molar-refractivity contribution in [2.75, 3.05) is 12.3 Å². The Kier molecular flexibility index (Phi) is 22.5. The molecule has 0 saturated heterocycles. The average Bonchev–Trinajstić information content (AvgIpc) is 2.57. The van der Waals surface area contributed by atoms with E-state index in [9.17, 15) is 16.8 Å². The second-order valence-electron chi connectivity index (χ2n) is 5.34. The van der Waals surface area contributed by atoms with E-state index >= 15 is 0 Å². The summed E-state index contributed by atoms with van der Waals surface area (Å²) in [5.41, 5.74) is 0. The van der Waals surface area contributed by atoms with Crippen molar-refractivity contribution in [2.45, 2.75) is 53.8 Å². The molecule has 0 amide bonds. The van der Waals surface area contributed by atoms with Gasteiger partial charge >= 0.3 is 0 Å². The van der Waals surface area contributed by atoms with Gasteiger partial charge in [-0.1, -0.05) is 26.7 Å². The van der Waals surface area contributed by atoms with Gasteiger partial charge in [-0.05, 0) is 75.1 Å². The van der Waals surface area contributed by atoms with E-state index in [4.69, 9.17) is 12.8 Å². The lowest BCUT2D eigenvalue weighted by Crippen LogP contribution is -2.31. The fraction of sp³-hybridized carbons (Fsp3) is 0.455. The van der Waals surface area contributed by atoms with Crippen LogP contribution in [0.4, 0.5) is 0 Å². The van der Waals surface area contributed by atoms with Crippen LogP contribution in [-0.2, 0) is 20.0 Å². The zero-order valence-corrected chi connectivity index (χ0v) is 17.8. The Morgan fingerprint density at radius 3 is 1.63 bits per heavy atom. The van der Waals surface area contributed by atoms with Crippen molar-refractivity contribution in [3.63, 3.8) is 0 Å². The van der Waals surface area contributed by atoms with Gasteiger partial charge in [0.25, 0.3) is 0 Å².